The largest absolute Gasteiger partial charge is 0.458 e. The van der Waals surface area contributed by atoms with E-state index < -0.39 is 17.9 Å². The fraction of sp³-hybridized carbons (Fsp3) is 0.0690. The standard InChI is InChI=1S/C29H22O6/c1-3-27(30)33-17-19-5-7-23-15-25(10-9-21(23)13-19)29(32)35-26-12-11-22-14-20(6-8-24(22)16-26)18-34-28(31)4-2/h3-16H,1-2,17-18H2. The third kappa shape index (κ3) is 5.81. The summed E-state index contributed by atoms with van der Waals surface area (Å²) >= 11 is 0. The average Bonchev–Trinajstić information content (AvgIpc) is 2.89. The smallest absolute Gasteiger partial charge is 0.343 e. The first-order valence-electron chi connectivity index (χ1n) is 10.8. The Morgan fingerprint density at radius 2 is 1.11 bits per heavy atom. The number of carbonyl (C=O) groups excluding carboxylic acids is 3. The Kier molecular flexibility index (Phi) is 7.02. The van der Waals surface area contributed by atoms with Crippen LogP contribution in [-0.4, -0.2) is 17.9 Å². The molecule has 6 heteroatoms. The second-order valence-corrected chi connectivity index (χ2v) is 7.75. The molecule has 0 unspecified atom stereocenters. The van der Waals surface area contributed by atoms with Crippen molar-refractivity contribution in [3.63, 3.8) is 0 Å². The highest BCUT2D eigenvalue weighted by atomic mass is 16.5. The van der Waals surface area contributed by atoms with Crippen molar-refractivity contribution in [3.8, 4) is 5.75 Å². The molecule has 0 fully saturated rings. The summed E-state index contributed by atoms with van der Waals surface area (Å²) in [5.41, 5.74) is 2.10. The molecule has 0 atom stereocenters. The number of hydrogen-bond acceptors (Lipinski definition) is 6. The van der Waals surface area contributed by atoms with E-state index in [2.05, 4.69) is 13.2 Å². The lowest BCUT2D eigenvalue weighted by atomic mass is 10.0. The van der Waals surface area contributed by atoms with E-state index in [0.29, 0.717) is 11.3 Å². The van der Waals surface area contributed by atoms with Gasteiger partial charge in [-0.1, -0.05) is 49.6 Å². The Hall–Kier alpha value is -4.71. The number of carbonyl (C=O) groups is 3. The van der Waals surface area contributed by atoms with Crippen LogP contribution in [0.15, 0.2) is 98.1 Å². The zero-order chi connectivity index (χ0) is 24.8. The van der Waals surface area contributed by atoms with Crippen LogP contribution < -0.4 is 4.74 Å². The van der Waals surface area contributed by atoms with Gasteiger partial charge in [0.1, 0.15) is 19.0 Å². The summed E-state index contributed by atoms with van der Waals surface area (Å²) < 4.78 is 15.7. The molecule has 0 amide bonds. The molecule has 0 saturated heterocycles. The summed E-state index contributed by atoms with van der Waals surface area (Å²) in [7, 11) is 0. The van der Waals surface area contributed by atoms with E-state index in [0.717, 1.165) is 44.8 Å². The van der Waals surface area contributed by atoms with Gasteiger partial charge in [-0.2, -0.15) is 0 Å². The highest BCUT2D eigenvalue weighted by Gasteiger charge is 2.11. The third-order valence-corrected chi connectivity index (χ3v) is 5.32. The molecule has 0 aliphatic heterocycles. The summed E-state index contributed by atoms with van der Waals surface area (Å²) in [5, 5.41) is 3.59. The van der Waals surface area contributed by atoms with Crippen LogP contribution in [0.4, 0.5) is 0 Å². The van der Waals surface area contributed by atoms with E-state index >= 15 is 0 Å². The first kappa shape index (κ1) is 23.4. The molecule has 0 aromatic heterocycles. The van der Waals surface area contributed by atoms with Crippen molar-refractivity contribution >= 4 is 39.5 Å². The Morgan fingerprint density at radius 3 is 1.69 bits per heavy atom. The summed E-state index contributed by atoms with van der Waals surface area (Å²) in [5.74, 6) is -1.00. The second-order valence-electron chi connectivity index (χ2n) is 7.75. The monoisotopic (exact) mass is 466 g/mol. The molecular weight excluding hydrogens is 444 g/mol. The van der Waals surface area contributed by atoms with Crippen molar-refractivity contribution in [3.05, 3.63) is 115 Å². The fourth-order valence-corrected chi connectivity index (χ4v) is 3.53. The van der Waals surface area contributed by atoms with Crippen LogP contribution in [0.3, 0.4) is 0 Å². The lowest BCUT2D eigenvalue weighted by molar-refractivity contribution is -0.139. The van der Waals surface area contributed by atoms with Crippen LogP contribution >= 0.6 is 0 Å². The highest BCUT2D eigenvalue weighted by Crippen LogP contribution is 2.24. The predicted molar refractivity (Wildman–Crippen MR) is 133 cm³/mol. The predicted octanol–water partition coefficient (Wildman–Crippen LogP) is 5.67. The lowest BCUT2D eigenvalue weighted by Gasteiger charge is -2.09. The molecule has 0 radical (unpaired) electrons. The van der Waals surface area contributed by atoms with E-state index in [1.165, 1.54) is 0 Å². The van der Waals surface area contributed by atoms with Crippen molar-refractivity contribution in [1.82, 2.24) is 0 Å². The average molecular weight is 466 g/mol. The van der Waals surface area contributed by atoms with Gasteiger partial charge < -0.3 is 14.2 Å². The summed E-state index contributed by atoms with van der Waals surface area (Å²) in [6.45, 7) is 7.05. The molecule has 4 rings (SSSR count). The third-order valence-electron chi connectivity index (χ3n) is 5.32. The van der Waals surface area contributed by atoms with Gasteiger partial charge in [0.25, 0.3) is 0 Å². The topological polar surface area (TPSA) is 78.9 Å². The SMILES string of the molecule is C=CC(=O)OCc1ccc2cc(OC(=O)c3ccc4cc(COC(=O)C=C)ccc4c3)ccc2c1. The van der Waals surface area contributed by atoms with Crippen molar-refractivity contribution in [1.29, 1.82) is 0 Å². The van der Waals surface area contributed by atoms with E-state index in [1.54, 1.807) is 24.3 Å². The van der Waals surface area contributed by atoms with Gasteiger partial charge >= 0.3 is 17.9 Å². The number of esters is 3. The Bertz CT molecular complexity index is 1470. The molecule has 0 N–H and O–H groups in total. The second kappa shape index (κ2) is 10.5. The first-order chi connectivity index (χ1) is 16.9. The number of rotatable bonds is 8. The minimum absolute atomic E-state index is 0.147. The van der Waals surface area contributed by atoms with Gasteiger partial charge in [-0.05, 0) is 69.1 Å². The molecule has 0 aliphatic carbocycles. The van der Waals surface area contributed by atoms with Crippen LogP contribution in [0, 0.1) is 0 Å². The van der Waals surface area contributed by atoms with Gasteiger partial charge in [-0.15, -0.1) is 0 Å². The molecular formula is C29H22O6. The van der Waals surface area contributed by atoms with Gasteiger partial charge in [0.15, 0.2) is 0 Å². The van der Waals surface area contributed by atoms with Gasteiger partial charge in [-0.3, -0.25) is 0 Å². The van der Waals surface area contributed by atoms with Crippen LogP contribution in [0.1, 0.15) is 21.5 Å². The zero-order valence-corrected chi connectivity index (χ0v) is 18.9. The van der Waals surface area contributed by atoms with Gasteiger partial charge in [0.05, 0.1) is 5.56 Å². The van der Waals surface area contributed by atoms with Crippen molar-refractivity contribution in [2.45, 2.75) is 13.2 Å². The molecule has 4 aromatic rings. The van der Waals surface area contributed by atoms with Crippen molar-refractivity contribution in [2.24, 2.45) is 0 Å². The Balaban J connectivity index is 1.45. The van der Waals surface area contributed by atoms with Crippen molar-refractivity contribution < 1.29 is 28.6 Å². The number of hydrogen-bond donors (Lipinski definition) is 0. The van der Waals surface area contributed by atoms with Crippen LogP contribution in [0.5, 0.6) is 5.75 Å². The minimum atomic E-state index is -0.480. The van der Waals surface area contributed by atoms with Crippen LogP contribution in [0.2, 0.25) is 0 Å². The maximum Gasteiger partial charge on any atom is 0.343 e. The molecule has 0 aliphatic rings. The molecule has 0 spiro atoms. The molecule has 4 aromatic carbocycles. The number of fused-ring (bicyclic) bond motifs is 2. The molecule has 35 heavy (non-hydrogen) atoms. The number of benzene rings is 4. The highest BCUT2D eigenvalue weighted by molar-refractivity contribution is 5.97. The minimum Gasteiger partial charge on any atom is -0.458 e. The van der Waals surface area contributed by atoms with Crippen LogP contribution in [-0.2, 0) is 32.3 Å². The van der Waals surface area contributed by atoms with E-state index in [9.17, 15) is 14.4 Å². The molecule has 6 nitrogen and oxygen atoms in total. The normalized spacial score (nSPS) is 10.5. The number of ether oxygens (including phenoxy) is 3. The van der Waals surface area contributed by atoms with Crippen LogP contribution in [0.25, 0.3) is 21.5 Å². The van der Waals surface area contributed by atoms with Gasteiger partial charge in [0.2, 0.25) is 0 Å². The fourth-order valence-electron chi connectivity index (χ4n) is 3.53. The van der Waals surface area contributed by atoms with E-state index in [-0.39, 0.29) is 13.2 Å². The van der Waals surface area contributed by atoms with Gasteiger partial charge in [-0.25, -0.2) is 14.4 Å². The summed E-state index contributed by atoms with van der Waals surface area (Å²) in [6.07, 6.45) is 2.24. The summed E-state index contributed by atoms with van der Waals surface area (Å²) in [4.78, 5) is 35.3. The van der Waals surface area contributed by atoms with E-state index in [1.807, 2.05) is 48.5 Å². The first-order valence-corrected chi connectivity index (χ1v) is 10.8. The zero-order valence-electron chi connectivity index (χ0n) is 18.9. The van der Waals surface area contributed by atoms with Crippen molar-refractivity contribution in [2.75, 3.05) is 0 Å². The quantitative estimate of drug-likeness (QED) is 0.189. The lowest BCUT2D eigenvalue weighted by Crippen LogP contribution is -2.08. The van der Waals surface area contributed by atoms with Gasteiger partial charge in [0, 0.05) is 12.2 Å². The maximum absolute atomic E-state index is 12.8. The molecule has 0 bridgehead atoms. The maximum atomic E-state index is 12.8. The molecule has 174 valence electrons. The molecule has 0 heterocycles. The Morgan fingerprint density at radius 1 is 0.629 bits per heavy atom. The van der Waals surface area contributed by atoms with E-state index in [4.69, 9.17) is 14.2 Å². The Labute approximate surface area is 202 Å². The molecule has 0 saturated carbocycles. The summed E-state index contributed by atoms with van der Waals surface area (Å²) in [6, 6.07) is 21.9.